The molecule has 1 aliphatic rings. The van der Waals surface area contributed by atoms with Gasteiger partial charge in [0.2, 0.25) is 10.0 Å². The lowest BCUT2D eigenvalue weighted by atomic mass is 10.1. The van der Waals surface area contributed by atoms with E-state index in [1.807, 2.05) is 6.92 Å². The van der Waals surface area contributed by atoms with Gasteiger partial charge in [-0.1, -0.05) is 23.7 Å². The van der Waals surface area contributed by atoms with Gasteiger partial charge in [-0.25, -0.2) is 13.1 Å². The topological polar surface area (TPSA) is 95.1 Å². The molecular weight excluding hydrogens is 368 g/mol. The molecule has 1 saturated heterocycles. The molecule has 3 rings (SSSR count). The number of hydrogen-bond donors (Lipinski definition) is 0. The minimum atomic E-state index is -3.22. The van der Waals surface area contributed by atoms with Gasteiger partial charge < -0.3 is 4.74 Å². The third-order valence-corrected chi connectivity index (χ3v) is 5.84. The molecule has 11 heteroatoms. The fourth-order valence-corrected chi connectivity index (χ4v) is 3.96. The second-order valence-corrected chi connectivity index (χ2v) is 8.37. The second kappa shape index (κ2) is 7.02. The van der Waals surface area contributed by atoms with Crippen molar-refractivity contribution < 1.29 is 13.2 Å². The van der Waals surface area contributed by atoms with Gasteiger partial charge in [-0.15, -0.1) is 5.10 Å². The fourth-order valence-electron chi connectivity index (χ4n) is 2.87. The van der Waals surface area contributed by atoms with E-state index < -0.39 is 10.0 Å². The Hall–Kier alpha value is -1.49. The van der Waals surface area contributed by atoms with Crippen LogP contribution < -0.4 is 0 Å². The number of aromatic nitrogens is 5. The molecule has 0 spiro atoms. The van der Waals surface area contributed by atoms with Crippen molar-refractivity contribution in [2.45, 2.75) is 26.0 Å². The molecule has 2 aromatic heterocycles. The zero-order valence-corrected chi connectivity index (χ0v) is 16.0. The third kappa shape index (κ3) is 3.86. The number of sulfonamides is 1. The summed E-state index contributed by atoms with van der Waals surface area (Å²) < 4.78 is 33.7. The molecule has 1 atom stereocenters. The Morgan fingerprint density at radius 2 is 2.20 bits per heavy atom. The molecule has 138 valence electrons. The molecule has 9 nitrogen and oxygen atoms in total. The molecule has 3 heterocycles. The molecule has 0 aromatic carbocycles. The summed E-state index contributed by atoms with van der Waals surface area (Å²) in [7, 11) is -1.44. The quantitative estimate of drug-likeness (QED) is 0.742. The Morgan fingerprint density at radius 3 is 2.88 bits per heavy atom. The van der Waals surface area contributed by atoms with Crippen LogP contribution in [-0.2, 0) is 34.8 Å². The van der Waals surface area contributed by atoms with Crippen molar-refractivity contribution >= 4 is 21.6 Å². The number of rotatable bonds is 5. The highest BCUT2D eigenvalue weighted by molar-refractivity contribution is 7.88. The largest absolute Gasteiger partial charge is 0.374 e. The van der Waals surface area contributed by atoms with Gasteiger partial charge in [0.15, 0.2) is 0 Å². The Kier molecular flexibility index (Phi) is 5.14. The number of aryl methyl sites for hydroxylation is 2. The first kappa shape index (κ1) is 18.3. The predicted octanol–water partition coefficient (Wildman–Crippen LogP) is 0.555. The fraction of sp³-hybridized carbons (Fsp3) is 0.643. The minimum absolute atomic E-state index is 0.270. The smallest absolute Gasteiger partial charge is 0.211 e. The first-order valence-electron chi connectivity index (χ1n) is 7.98. The maximum atomic E-state index is 11.7. The van der Waals surface area contributed by atoms with Gasteiger partial charge in [-0.05, 0) is 6.42 Å². The lowest BCUT2D eigenvalue weighted by molar-refractivity contribution is -0.0120. The van der Waals surface area contributed by atoms with Crippen LogP contribution in [0.15, 0.2) is 6.20 Å². The third-order valence-electron chi connectivity index (χ3n) is 4.14. The highest BCUT2D eigenvalue weighted by Gasteiger charge is 2.27. The minimum Gasteiger partial charge on any atom is -0.374 e. The summed E-state index contributed by atoms with van der Waals surface area (Å²) in [6.45, 7) is 3.47. The van der Waals surface area contributed by atoms with Crippen LogP contribution in [-0.4, -0.2) is 69.6 Å². The lowest BCUT2D eigenvalue weighted by Crippen LogP contribution is -2.46. The summed E-state index contributed by atoms with van der Waals surface area (Å²) in [5, 5.41) is 13.2. The van der Waals surface area contributed by atoms with Crippen LogP contribution in [0, 0.1) is 0 Å². The molecule has 2 aromatic rings. The average molecular weight is 389 g/mol. The number of hydrogen-bond acceptors (Lipinski definition) is 6. The summed E-state index contributed by atoms with van der Waals surface area (Å²) in [6.07, 6.45) is 3.45. The molecule has 1 aliphatic heterocycles. The molecule has 0 N–H and O–H groups in total. The first-order valence-corrected chi connectivity index (χ1v) is 10.2. The molecule has 0 aliphatic carbocycles. The zero-order chi connectivity index (χ0) is 18.2. The van der Waals surface area contributed by atoms with Gasteiger partial charge >= 0.3 is 0 Å². The van der Waals surface area contributed by atoms with E-state index in [4.69, 9.17) is 16.3 Å². The molecule has 0 amide bonds. The van der Waals surface area contributed by atoms with Gasteiger partial charge in [-0.3, -0.25) is 4.68 Å². The molecular formula is C14H21ClN6O3S. The Balaban J connectivity index is 1.76. The standard InChI is InChI=1S/C14H21ClN6O3S/c1-4-11-13(14(15)19(2)17-11)12-9-20(18-16-12)7-10-8-21(5-6-24-10)25(3,22)23/h9-10H,4-8H2,1-3H3/t10-/m0/s1. The first-order chi connectivity index (χ1) is 11.8. The molecule has 0 bridgehead atoms. The van der Waals surface area contributed by atoms with Gasteiger partial charge in [0.1, 0.15) is 10.8 Å². The summed E-state index contributed by atoms with van der Waals surface area (Å²) >= 11 is 6.32. The van der Waals surface area contributed by atoms with Crippen molar-refractivity contribution in [2.75, 3.05) is 26.0 Å². The summed E-state index contributed by atoms with van der Waals surface area (Å²) in [5.74, 6) is 0. The van der Waals surface area contributed by atoms with E-state index in [1.54, 1.807) is 22.6 Å². The number of nitrogens with zero attached hydrogens (tertiary/aromatic N) is 6. The van der Waals surface area contributed by atoms with E-state index in [-0.39, 0.29) is 6.10 Å². The van der Waals surface area contributed by atoms with Crippen molar-refractivity contribution in [2.24, 2.45) is 7.05 Å². The van der Waals surface area contributed by atoms with Gasteiger partial charge in [0.25, 0.3) is 0 Å². The van der Waals surface area contributed by atoms with Crippen LogP contribution in [0.25, 0.3) is 11.3 Å². The maximum Gasteiger partial charge on any atom is 0.211 e. The van der Waals surface area contributed by atoms with E-state index in [9.17, 15) is 8.42 Å². The van der Waals surface area contributed by atoms with E-state index in [0.29, 0.717) is 37.1 Å². The van der Waals surface area contributed by atoms with E-state index in [2.05, 4.69) is 15.4 Å². The lowest BCUT2D eigenvalue weighted by Gasteiger charge is -2.30. The number of morpholine rings is 1. The summed E-state index contributed by atoms with van der Waals surface area (Å²) in [6, 6.07) is 0. The van der Waals surface area contributed by atoms with Crippen LogP contribution in [0.1, 0.15) is 12.6 Å². The maximum absolute atomic E-state index is 11.7. The normalized spacial score (nSPS) is 19.4. The Bertz CT molecular complexity index is 862. The van der Waals surface area contributed by atoms with E-state index >= 15 is 0 Å². The van der Waals surface area contributed by atoms with Crippen LogP contribution >= 0.6 is 11.6 Å². The van der Waals surface area contributed by atoms with E-state index in [1.165, 1.54) is 10.6 Å². The zero-order valence-electron chi connectivity index (χ0n) is 14.4. The molecule has 0 radical (unpaired) electrons. The predicted molar refractivity (Wildman–Crippen MR) is 92.8 cm³/mol. The monoisotopic (exact) mass is 388 g/mol. The van der Waals surface area contributed by atoms with Crippen LogP contribution in [0.4, 0.5) is 0 Å². The highest BCUT2D eigenvalue weighted by atomic mass is 35.5. The summed E-state index contributed by atoms with van der Waals surface area (Å²) in [4.78, 5) is 0. The molecule has 25 heavy (non-hydrogen) atoms. The van der Waals surface area contributed by atoms with Crippen LogP contribution in [0.2, 0.25) is 5.15 Å². The van der Waals surface area contributed by atoms with Crippen molar-refractivity contribution in [1.29, 1.82) is 0 Å². The van der Waals surface area contributed by atoms with Crippen molar-refractivity contribution in [3.63, 3.8) is 0 Å². The molecule has 0 saturated carbocycles. The van der Waals surface area contributed by atoms with E-state index in [0.717, 1.165) is 17.7 Å². The Morgan fingerprint density at radius 1 is 1.44 bits per heavy atom. The van der Waals surface area contributed by atoms with Crippen molar-refractivity contribution in [1.82, 2.24) is 29.1 Å². The SMILES string of the molecule is CCc1nn(C)c(Cl)c1-c1cn(C[C@H]2CN(S(C)(=O)=O)CCO2)nn1. The van der Waals surface area contributed by atoms with Crippen molar-refractivity contribution in [3.8, 4) is 11.3 Å². The highest BCUT2D eigenvalue weighted by Crippen LogP contribution is 2.29. The van der Waals surface area contributed by atoms with Crippen LogP contribution in [0.3, 0.4) is 0 Å². The molecule has 0 unspecified atom stereocenters. The number of halogens is 1. The van der Waals surface area contributed by atoms with Gasteiger partial charge in [0, 0.05) is 20.1 Å². The van der Waals surface area contributed by atoms with Crippen molar-refractivity contribution in [3.05, 3.63) is 17.0 Å². The van der Waals surface area contributed by atoms with Gasteiger partial charge in [-0.2, -0.15) is 9.40 Å². The molecule has 1 fully saturated rings. The second-order valence-electron chi connectivity index (χ2n) is 6.03. The average Bonchev–Trinajstić information content (AvgIpc) is 3.11. The van der Waals surface area contributed by atoms with Crippen LogP contribution in [0.5, 0.6) is 0 Å². The Labute approximate surface area is 151 Å². The van der Waals surface area contributed by atoms with Gasteiger partial charge in [0.05, 0.1) is 43.0 Å². The number of ether oxygens (including phenoxy) is 1. The summed E-state index contributed by atoms with van der Waals surface area (Å²) in [5.41, 5.74) is 2.28.